The summed E-state index contributed by atoms with van der Waals surface area (Å²) in [5.74, 6) is 0.243. The van der Waals surface area contributed by atoms with Crippen molar-refractivity contribution < 1.29 is 14.7 Å². The second-order valence-corrected chi connectivity index (χ2v) is 10.2. The molecule has 0 aromatic heterocycles. The maximum atomic E-state index is 12.4. The first-order valence-corrected chi connectivity index (χ1v) is 12.7. The molecule has 0 bridgehead atoms. The van der Waals surface area contributed by atoms with Crippen LogP contribution in [-0.2, 0) is 22.7 Å². The van der Waals surface area contributed by atoms with Crippen molar-refractivity contribution in [3.8, 4) is 0 Å². The lowest BCUT2D eigenvalue weighted by molar-refractivity contribution is -0.152. The third kappa shape index (κ3) is 5.27. The highest BCUT2D eigenvalue weighted by molar-refractivity contribution is 5.90. The van der Waals surface area contributed by atoms with Crippen LogP contribution in [0.3, 0.4) is 0 Å². The quantitative estimate of drug-likeness (QED) is 0.436. The highest BCUT2D eigenvalue weighted by Gasteiger charge is 2.55. The molecule has 35 heavy (non-hydrogen) atoms. The summed E-state index contributed by atoms with van der Waals surface area (Å²) < 4.78 is 0. The van der Waals surface area contributed by atoms with Gasteiger partial charge < -0.3 is 26.0 Å². The molecule has 0 radical (unpaired) electrons. The minimum absolute atomic E-state index is 0.202. The van der Waals surface area contributed by atoms with Crippen LogP contribution in [0.5, 0.6) is 0 Å². The van der Waals surface area contributed by atoms with Gasteiger partial charge in [-0.3, -0.25) is 9.59 Å². The maximum absolute atomic E-state index is 12.4. The van der Waals surface area contributed by atoms with Crippen molar-refractivity contribution in [2.75, 3.05) is 26.2 Å². The molecule has 3 aliphatic heterocycles. The van der Waals surface area contributed by atoms with E-state index in [1.54, 1.807) is 0 Å². The van der Waals surface area contributed by atoms with Crippen LogP contribution in [0.15, 0.2) is 60.7 Å². The summed E-state index contributed by atoms with van der Waals surface area (Å²) in [6.45, 7) is 9.04. The van der Waals surface area contributed by atoms with Crippen molar-refractivity contribution in [1.82, 2.24) is 20.9 Å². The minimum Gasteiger partial charge on any atom is -0.480 e. The number of hydrogen-bond acceptors (Lipinski definition) is 5. The van der Waals surface area contributed by atoms with E-state index in [0.717, 1.165) is 39.1 Å². The first kappa shape index (κ1) is 25.4. The topological polar surface area (TPSA) is 93.7 Å². The van der Waals surface area contributed by atoms with E-state index < -0.39 is 11.5 Å². The maximum Gasteiger partial charge on any atom is 0.324 e. The first-order valence-electron chi connectivity index (χ1n) is 12.7. The van der Waals surface area contributed by atoms with Gasteiger partial charge in [-0.1, -0.05) is 74.5 Å². The molecule has 2 aromatic rings. The molecule has 7 heteroatoms. The van der Waals surface area contributed by atoms with Gasteiger partial charge in [-0.2, -0.15) is 0 Å². The van der Waals surface area contributed by atoms with Gasteiger partial charge in [0, 0.05) is 32.7 Å². The number of carboxylic acids is 1. The molecule has 3 fully saturated rings. The zero-order valence-corrected chi connectivity index (χ0v) is 20.8. The molecule has 1 amide bonds. The van der Waals surface area contributed by atoms with Crippen molar-refractivity contribution in [3.05, 3.63) is 71.8 Å². The molecule has 4 N–H and O–H groups in total. The fourth-order valence-electron chi connectivity index (χ4n) is 5.33. The standard InChI is InChI=1S/C14H20N2O2.C14H18N2O/c1-11-9-16-14(11,13(17)18)7-8-15-10-12-5-3-2-4-6-12;1-11-9-15-14(11)7-8-16(13(14)17)10-12-5-3-2-4-6-12/h2-6,11,15-16H,7-10H2,1H3,(H,17,18);2-6,11,15H,7-10H2,1H3. The van der Waals surface area contributed by atoms with E-state index in [0.29, 0.717) is 24.8 Å². The molecule has 188 valence electrons. The summed E-state index contributed by atoms with van der Waals surface area (Å²) in [5.41, 5.74) is 1.49. The normalized spacial score (nSPS) is 29.2. The van der Waals surface area contributed by atoms with Crippen molar-refractivity contribution in [1.29, 1.82) is 0 Å². The van der Waals surface area contributed by atoms with Crippen LogP contribution in [0.2, 0.25) is 0 Å². The lowest BCUT2D eigenvalue weighted by atomic mass is 9.75. The molecule has 1 spiro atoms. The van der Waals surface area contributed by atoms with Crippen LogP contribution in [-0.4, -0.2) is 59.1 Å². The monoisotopic (exact) mass is 478 g/mol. The van der Waals surface area contributed by atoms with E-state index in [-0.39, 0.29) is 11.5 Å². The zero-order valence-electron chi connectivity index (χ0n) is 20.8. The van der Waals surface area contributed by atoms with Crippen molar-refractivity contribution in [3.63, 3.8) is 0 Å². The molecule has 4 unspecified atom stereocenters. The number of likely N-dealkylation sites (tertiary alicyclic amines) is 1. The van der Waals surface area contributed by atoms with Gasteiger partial charge in [0.05, 0.1) is 0 Å². The Kier molecular flexibility index (Phi) is 7.89. The van der Waals surface area contributed by atoms with Gasteiger partial charge in [0.1, 0.15) is 11.1 Å². The molecular weight excluding hydrogens is 440 g/mol. The predicted molar refractivity (Wildman–Crippen MR) is 137 cm³/mol. The number of nitrogens with one attached hydrogen (secondary N) is 3. The first-order chi connectivity index (χ1) is 16.9. The Bertz CT molecular complexity index is 1000. The fourth-order valence-corrected chi connectivity index (χ4v) is 5.33. The second kappa shape index (κ2) is 10.9. The Morgan fingerprint density at radius 3 is 2.09 bits per heavy atom. The Hall–Kier alpha value is -2.74. The molecule has 3 saturated heterocycles. The smallest absolute Gasteiger partial charge is 0.324 e. The molecule has 4 atom stereocenters. The molecule has 5 rings (SSSR count). The highest BCUT2D eigenvalue weighted by atomic mass is 16.4. The fraction of sp³-hybridized carbons (Fsp3) is 0.500. The summed E-state index contributed by atoms with van der Waals surface area (Å²) in [6.07, 6.45) is 1.58. The van der Waals surface area contributed by atoms with E-state index in [1.165, 1.54) is 11.1 Å². The Morgan fingerprint density at radius 2 is 1.63 bits per heavy atom. The van der Waals surface area contributed by atoms with Gasteiger partial charge in [0.2, 0.25) is 5.91 Å². The van der Waals surface area contributed by atoms with Crippen LogP contribution < -0.4 is 16.0 Å². The number of amides is 1. The SMILES string of the molecule is CC1CNC1(CCNCc1ccccc1)C(=O)O.CC1CNC12CCN(Cc1ccccc1)C2=O. The van der Waals surface area contributed by atoms with E-state index in [9.17, 15) is 14.7 Å². The lowest BCUT2D eigenvalue weighted by Gasteiger charge is -2.45. The Balaban J connectivity index is 0.000000165. The van der Waals surface area contributed by atoms with E-state index in [2.05, 4.69) is 47.1 Å². The van der Waals surface area contributed by atoms with Crippen molar-refractivity contribution in [2.24, 2.45) is 11.8 Å². The van der Waals surface area contributed by atoms with Gasteiger partial charge >= 0.3 is 5.97 Å². The number of rotatable bonds is 8. The molecule has 2 aromatic carbocycles. The summed E-state index contributed by atoms with van der Waals surface area (Å²) in [4.78, 5) is 25.7. The summed E-state index contributed by atoms with van der Waals surface area (Å²) in [7, 11) is 0. The lowest BCUT2D eigenvalue weighted by Crippen LogP contribution is -2.69. The molecule has 7 nitrogen and oxygen atoms in total. The Morgan fingerprint density at radius 1 is 1.00 bits per heavy atom. The molecule has 0 saturated carbocycles. The predicted octanol–water partition coefficient (Wildman–Crippen LogP) is 2.63. The number of carbonyl (C=O) groups is 2. The van der Waals surface area contributed by atoms with Crippen molar-refractivity contribution >= 4 is 11.9 Å². The number of nitrogens with zero attached hydrogens (tertiary/aromatic N) is 1. The van der Waals surface area contributed by atoms with Gasteiger partial charge in [-0.05, 0) is 42.3 Å². The van der Waals surface area contributed by atoms with Gasteiger partial charge in [-0.15, -0.1) is 0 Å². The van der Waals surface area contributed by atoms with E-state index in [4.69, 9.17) is 0 Å². The molecular formula is C28H38N4O3. The third-order valence-corrected chi connectivity index (χ3v) is 8.04. The average Bonchev–Trinajstić information content (AvgIpc) is 3.21. The van der Waals surface area contributed by atoms with Crippen LogP contribution in [0.4, 0.5) is 0 Å². The number of carbonyl (C=O) groups excluding carboxylic acids is 1. The van der Waals surface area contributed by atoms with Gasteiger partial charge in [0.25, 0.3) is 0 Å². The average molecular weight is 479 g/mol. The van der Waals surface area contributed by atoms with Crippen LogP contribution >= 0.6 is 0 Å². The number of benzene rings is 2. The Labute approximate surface area is 208 Å². The molecule has 3 heterocycles. The van der Waals surface area contributed by atoms with Crippen LogP contribution in [0.1, 0.15) is 37.8 Å². The number of aliphatic carboxylic acids is 1. The van der Waals surface area contributed by atoms with E-state index in [1.807, 2.05) is 48.2 Å². The van der Waals surface area contributed by atoms with Crippen molar-refractivity contribution in [2.45, 2.75) is 50.9 Å². The van der Waals surface area contributed by atoms with E-state index >= 15 is 0 Å². The molecule has 3 aliphatic rings. The summed E-state index contributed by atoms with van der Waals surface area (Å²) >= 11 is 0. The van der Waals surface area contributed by atoms with Crippen LogP contribution in [0, 0.1) is 11.8 Å². The van der Waals surface area contributed by atoms with Crippen LogP contribution in [0.25, 0.3) is 0 Å². The largest absolute Gasteiger partial charge is 0.480 e. The summed E-state index contributed by atoms with van der Waals surface area (Å²) in [5, 5.41) is 19.0. The highest BCUT2D eigenvalue weighted by Crippen LogP contribution is 2.36. The second-order valence-electron chi connectivity index (χ2n) is 10.2. The van der Waals surface area contributed by atoms with Gasteiger partial charge in [-0.25, -0.2) is 0 Å². The molecule has 0 aliphatic carbocycles. The van der Waals surface area contributed by atoms with Gasteiger partial charge in [0.15, 0.2) is 0 Å². The third-order valence-electron chi connectivity index (χ3n) is 8.04. The summed E-state index contributed by atoms with van der Waals surface area (Å²) in [6, 6.07) is 20.3. The zero-order chi connectivity index (χ0) is 24.9. The minimum atomic E-state index is -0.734. The number of carboxylic acid groups (broad SMARTS) is 1. The number of hydrogen-bond donors (Lipinski definition) is 4.